The second-order valence-corrected chi connectivity index (χ2v) is 5.32. The molecule has 2 aromatic rings. The number of carbonyl (C=O) groups excluding carboxylic acids is 1. The van der Waals surface area contributed by atoms with E-state index in [0.29, 0.717) is 12.8 Å². The number of para-hydroxylation sites is 1. The largest absolute Gasteiger partial charge is 0.449 e. The fourth-order valence-electron chi connectivity index (χ4n) is 1.73. The van der Waals surface area contributed by atoms with E-state index in [-0.39, 0.29) is 6.42 Å². The molecular formula is C13H12F3NOS. The van der Waals surface area contributed by atoms with Crippen molar-refractivity contribution in [2.45, 2.75) is 31.9 Å². The molecule has 0 radical (unpaired) electrons. The van der Waals surface area contributed by atoms with Gasteiger partial charge in [-0.2, -0.15) is 13.2 Å². The van der Waals surface area contributed by atoms with Crippen LogP contribution in [-0.4, -0.2) is 16.9 Å². The smallest absolute Gasteiger partial charge is 0.290 e. The van der Waals surface area contributed by atoms with Crippen LogP contribution in [0.2, 0.25) is 0 Å². The zero-order chi connectivity index (χ0) is 13.9. The first-order chi connectivity index (χ1) is 8.97. The number of hydrogen-bond donors (Lipinski definition) is 0. The van der Waals surface area contributed by atoms with E-state index in [9.17, 15) is 18.0 Å². The molecule has 2 nitrogen and oxygen atoms in total. The van der Waals surface area contributed by atoms with Gasteiger partial charge in [-0.25, -0.2) is 4.98 Å². The number of ketones is 1. The lowest BCUT2D eigenvalue weighted by molar-refractivity contribution is -0.171. The normalized spacial score (nSPS) is 11.9. The van der Waals surface area contributed by atoms with Crippen molar-refractivity contribution in [1.29, 1.82) is 0 Å². The molecule has 0 unspecified atom stereocenters. The Labute approximate surface area is 112 Å². The van der Waals surface area contributed by atoms with Crippen LogP contribution in [0.4, 0.5) is 13.2 Å². The molecule has 0 bridgehead atoms. The second kappa shape index (κ2) is 5.69. The molecule has 0 spiro atoms. The number of alkyl halides is 3. The van der Waals surface area contributed by atoms with Crippen LogP contribution in [0.15, 0.2) is 24.3 Å². The predicted octanol–water partition coefficient (Wildman–Crippen LogP) is 4.14. The first-order valence-electron chi connectivity index (χ1n) is 5.91. The second-order valence-electron chi connectivity index (χ2n) is 4.20. The van der Waals surface area contributed by atoms with E-state index in [1.165, 1.54) is 0 Å². The van der Waals surface area contributed by atoms with Crippen molar-refractivity contribution in [2.75, 3.05) is 0 Å². The monoisotopic (exact) mass is 287 g/mol. The molecule has 0 saturated heterocycles. The number of nitrogens with zero attached hydrogens (tertiary/aromatic N) is 1. The van der Waals surface area contributed by atoms with Gasteiger partial charge in [0.15, 0.2) is 0 Å². The molecule has 0 amide bonds. The maximum absolute atomic E-state index is 12.0. The summed E-state index contributed by atoms with van der Waals surface area (Å²) in [7, 11) is 0. The number of benzene rings is 1. The number of hydrogen-bond acceptors (Lipinski definition) is 3. The first kappa shape index (κ1) is 14.0. The number of halogens is 3. The van der Waals surface area contributed by atoms with Crippen molar-refractivity contribution in [3.05, 3.63) is 29.3 Å². The topological polar surface area (TPSA) is 30.0 Å². The van der Waals surface area contributed by atoms with E-state index in [1.807, 2.05) is 24.3 Å². The highest BCUT2D eigenvalue weighted by atomic mass is 32.1. The molecule has 1 aromatic carbocycles. The lowest BCUT2D eigenvalue weighted by atomic mass is 10.1. The minimum absolute atomic E-state index is 0.244. The number of aryl methyl sites for hydroxylation is 1. The van der Waals surface area contributed by atoms with Gasteiger partial charge in [-0.15, -0.1) is 11.3 Å². The van der Waals surface area contributed by atoms with Crippen molar-refractivity contribution >= 4 is 27.3 Å². The van der Waals surface area contributed by atoms with Gasteiger partial charge in [0.05, 0.1) is 15.2 Å². The van der Waals surface area contributed by atoms with E-state index in [2.05, 4.69) is 4.98 Å². The van der Waals surface area contributed by atoms with Crippen molar-refractivity contribution < 1.29 is 18.0 Å². The Morgan fingerprint density at radius 3 is 2.63 bits per heavy atom. The highest BCUT2D eigenvalue weighted by molar-refractivity contribution is 7.18. The molecule has 0 aliphatic carbocycles. The van der Waals surface area contributed by atoms with Crippen molar-refractivity contribution in [3.8, 4) is 0 Å². The quantitative estimate of drug-likeness (QED) is 0.774. The van der Waals surface area contributed by atoms with Crippen LogP contribution in [-0.2, 0) is 11.2 Å². The molecular weight excluding hydrogens is 275 g/mol. The van der Waals surface area contributed by atoms with E-state index in [0.717, 1.165) is 15.2 Å². The Morgan fingerprint density at radius 2 is 1.95 bits per heavy atom. The van der Waals surface area contributed by atoms with Crippen LogP contribution < -0.4 is 0 Å². The van der Waals surface area contributed by atoms with Gasteiger partial charge < -0.3 is 0 Å². The molecule has 0 saturated carbocycles. The average molecular weight is 287 g/mol. The fourth-order valence-corrected chi connectivity index (χ4v) is 2.74. The van der Waals surface area contributed by atoms with Crippen LogP contribution in [0, 0.1) is 0 Å². The van der Waals surface area contributed by atoms with E-state index in [1.54, 1.807) is 11.3 Å². The molecule has 0 N–H and O–H groups in total. The van der Waals surface area contributed by atoms with E-state index >= 15 is 0 Å². The molecule has 1 aromatic heterocycles. The van der Waals surface area contributed by atoms with E-state index < -0.39 is 18.4 Å². The Kier molecular flexibility index (Phi) is 4.19. The molecule has 6 heteroatoms. The van der Waals surface area contributed by atoms with Crippen LogP contribution in [0.5, 0.6) is 0 Å². The number of aromatic nitrogens is 1. The maximum Gasteiger partial charge on any atom is 0.449 e. The summed E-state index contributed by atoms with van der Waals surface area (Å²) in [5.74, 6) is -1.64. The SMILES string of the molecule is O=C(CCCCc1nc2ccccc2s1)C(F)(F)F. The van der Waals surface area contributed by atoms with E-state index in [4.69, 9.17) is 0 Å². The summed E-state index contributed by atoms with van der Waals surface area (Å²) < 4.78 is 37.0. The molecule has 0 fully saturated rings. The molecule has 1 heterocycles. The van der Waals surface area contributed by atoms with Crippen LogP contribution >= 0.6 is 11.3 Å². The molecule has 0 atom stereocenters. The zero-order valence-electron chi connectivity index (χ0n) is 10.0. The lowest BCUT2D eigenvalue weighted by Gasteiger charge is -2.03. The summed E-state index contributed by atoms with van der Waals surface area (Å²) in [5, 5.41) is 0.903. The highest BCUT2D eigenvalue weighted by Gasteiger charge is 2.37. The summed E-state index contributed by atoms with van der Waals surface area (Å²) in [5.41, 5.74) is 0.911. The Bertz CT molecular complexity index is 544. The Balaban J connectivity index is 1.81. The summed E-state index contributed by atoms with van der Waals surface area (Å²) in [6, 6.07) is 7.69. The van der Waals surface area contributed by atoms with Gasteiger partial charge >= 0.3 is 6.18 Å². The van der Waals surface area contributed by atoms with Crippen LogP contribution in [0.25, 0.3) is 10.2 Å². The van der Waals surface area contributed by atoms with Gasteiger partial charge in [0.2, 0.25) is 5.78 Å². The molecule has 0 aliphatic rings. The third-order valence-corrected chi connectivity index (χ3v) is 3.80. The van der Waals surface area contributed by atoms with Gasteiger partial charge in [-0.1, -0.05) is 12.1 Å². The predicted molar refractivity (Wildman–Crippen MR) is 68.2 cm³/mol. The Hall–Kier alpha value is -1.43. The summed E-state index contributed by atoms with van der Waals surface area (Å²) in [6.07, 6.45) is -3.73. The molecule has 2 rings (SSSR count). The van der Waals surface area contributed by atoms with Gasteiger partial charge in [-0.05, 0) is 31.4 Å². The van der Waals surface area contributed by atoms with Gasteiger partial charge in [0.1, 0.15) is 0 Å². The average Bonchev–Trinajstić information content (AvgIpc) is 2.75. The van der Waals surface area contributed by atoms with Gasteiger partial charge in [0, 0.05) is 6.42 Å². The summed E-state index contributed by atoms with van der Waals surface area (Å²) in [6.45, 7) is 0. The van der Waals surface area contributed by atoms with Crippen molar-refractivity contribution in [2.24, 2.45) is 0 Å². The molecule has 0 aliphatic heterocycles. The van der Waals surface area contributed by atoms with Gasteiger partial charge in [0.25, 0.3) is 0 Å². The first-order valence-corrected chi connectivity index (χ1v) is 6.73. The summed E-state index contributed by atoms with van der Waals surface area (Å²) in [4.78, 5) is 15.1. The number of Topliss-reactive ketones (excluding diaryl/α,β-unsaturated/α-hetero) is 1. The molecule has 102 valence electrons. The number of unbranched alkanes of at least 4 members (excludes halogenated alkanes) is 1. The maximum atomic E-state index is 12.0. The number of carbonyl (C=O) groups is 1. The number of thiazole rings is 1. The van der Waals surface area contributed by atoms with Crippen LogP contribution in [0.3, 0.4) is 0 Å². The minimum atomic E-state index is -4.70. The fraction of sp³-hybridized carbons (Fsp3) is 0.385. The number of fused-ring (bicyclic) bond motifs is 1. The number of rotatable bonds is 5. The van der Waals surface area contributed by atoms with Crippen molar-refractivity contribution in [3.63, 3.8) is 0 Å². The zero-order valence-corrected chi connectivity index (χ0v) is 10.9. The van der Waals surface area contributed by atoms with Crippen molar-refractivity contribution in [1.82, 2.24) is 4.98 Å². The molecule has 19 heavy (non-hydrogen) atoms. The Morgan fingerprint density at radius 1 is 1.21 bits per heavy atom. The highest BCUT2D eigenvalue weighted by Crippen LogP contribution is 2.24. The lowest BCUT2D eigenvalue weighted by Crippen LogP contribution is -2.22. The third-order valence-electron chi connectivity index (χ3n) is 2.70. The van der Waals surface area contributed by atoms with Gasteiger partial charge in [-0.3, -0.25) is 4.79 Å². The van der Waals surface area contributed by atoms with Crippen LogP contribution in [0.1, 0.15) is 24.3 Å². The standard InChI is InChI=1S/C13H12F3NOS/c14-13(15,16)11(18)7-3-4-8-12-17-9-5-1-2-6-10(9)19-12/h1-2,5-6H,3-4,7-8H2. The minimum Gasteiger partial charge on any atom is -0.290 e. The summed E-state index contributed by atoms with van der Waals surface area (Å²) >= 11 is 1.54. The third kappa shape index (κ3) is 3.76.